The van der Waals surface area contributed by atoms with Crippen LogP contribution in [-0.4, -0.2) is 29.4 Å². The van der Waals surface area contributed by atoms with Gasteiger partial charge in [0.05, 0.1) is 6.10 Å². The van der Waals surface area contributed by atoms with E-state index in [4.69, 9.17) is 8.61 Å². The summed E-state index contributed by atoms with van der Waals surface area (Å²) in [5.41, 5.74) is 2.78. The summed E-state index contributed by atoms with van der Waals surface area (Å²) in [6.07, 6.45) is 0.969. The van der Waals surface area contributed by atoms with Crippen molar-refractivity contribution in [3.05, 3.63) is 101 Å². The summed E-state index contributed by atoms with van der Waals surface area (Å²) in [6, 6.07) is 25.2. The summed E-state index contributed by atoms with van der Waals surface area (Å²) in [5, 5.41) is 2.31. The Bertz CT molecular complexity index is 1440. The van der Waals surface area contributed by atoms with E-state index in [0.717, 1.165) is 16.7 Å². The van der Waals surface area contributed by atoms with Gasteiger partial charge in [0.1, 0.15) is 4.90 Å². The molecule has 0 spiro atoms. The molecule has 0 unspecified atom stereocenters. The van der Waals surface area contributed by atoms with Crippen LogP contribution in [0.15, 0.2) is 88.8 Å². The molecule has 1 atom stereocenters. The normalized spacial score (nSPS) is 13.5. The molecule has 0 fully saturated rings. The first kappa shape index (κ1) is 37.4. The van der Waals surface area contributed by atoms with Crippen molar-refractivity contribution < 1.29 is 17.0 Å². The highest BCUT2D eigenvalue weighted by Gasteiger charge is 2.50. The Labute approximate surface area is 283 Å². The maximum absolute atomic E-state index is 14.2. The number of rotatable bonds is 15. The molecule has 246 valence electrons. The lowest BCUT2D eigenvalue weighted by Gasteiger charge is -2.43. The second-order valence-electron chi connectivity index (χ2n) is 14.0. The molecule has 0 aromatic heterocycles. The average molecular weight is 714 g/mol. The zero-order valence-corrected chi connectivity index (χ0v) is 32.1. The Balaban J connectivity index is 1.93. The fourth-order valence-electron chi connectivity index (χ4n) is 6.13. The zero-order valence-electron chi connectivity index (χ0n) is 28.7. The van der Waals surface area contributed by atoms with Crippen LogP contribution < -0.4 is 10.4 Å². The van der Waals surface area contributed by atoms with E-state index in [2.05, 4.69) is 106 Å². The van der Waals surface area contributed by atoms with E-state index < -0.39 is 24.5 Å². The van der Waals surface area contributed by atoms with Crippen LogP contribution in [-0.2, 0) is 18.7 Å². The highest BCUT2D eigenvalue weighted by atomic mass is 79.9. The molecule has 3 aromatic carbocycles. The van der Waals surface area contributed by atoms with Crippen molar-refractivity contribution in [1.29, 1.82) is 0 Å². The molecule has 3 aromatic rings. The first-order valence-corrected chi connectivity index (χ1v) is 20.3. The number of halogens is 1. The topological polar surface area (TPSA) is 52.6 Å². The van der Waals surface area contributed by atoms with Gasteiger partial charge in [0.2, 0.25) is 0 Å². The molecule has 7 heteroatoms. The number of benzene rings is 3. The highest BCUT2D eigenvalue weighted by Crippen LogP contribution is 2.38. The molecule has 4 nitrogen and oxygen atoms in total. The van der Waals surface area contributed by atoms with E-state index in [1.165, 1.54) is 10.4 Å². The third-order valence-electron chi connectivity index (χ3n) is 8.45. The summed E-state index contributed by atoms with van der Waals surface area (Å²) in [5.74, 6) is 0.343. The second kappa shape index (κ2) is 15.7. The highest BCUT2D eigenvalue weighted by molar-refractivity contribution is 9.11. The van der Waals surface area contributed by atoms with Gasteiger partial charge in [0, 0.05) is 13.0 Å². The molecular formula is C38H53BrO4SSi. The van der Waals surface area contributed by atoms with Crippen LogP contribution in [0.2, 0.25) is 5.04 Å². The van der Waals surface area contributed by atoms with Crippen LogP contribution in [0.3, 0.4) is 0 Å². The van der Waals surface area contributed by atoms with E-state index in [1.54, 1.807) is 0 Å². The maximum Gasteiger partial charge on any atom is 0.297 e. The lowest BCUT2D eigenvalue weighted by Crippen LogP contribution is -2.66. The minimum Gasteiger partial charge on any atom is -0.407 e. The van der Waals surface area contributed by atoms with Gasteiger partial charge in [-0.2, -0.15) is 8.42 Å². The predicted molar refractivity (Wildman–Crippen MR) is 196 cm³/mol. The molecule has 0 bridgehead atoms. The summed E-state index contributed by atoms with van der Waals surface area (Å²) >= 11 is 3.47. The van der Waals surface area contributed by atoms with Crippen LogP contribution in [0, 0.1) is 0 Å². The molecule has 0 N–H and O–H groups in total. The van der Waals surface area contributed by atoms with Gasteiger partial charge < -0.3 is 4.43 Å². The van der Waals surface area contributed by atoms with Crippen molar-refractivity contribution in [2.24, 2.45) is 0 Å². The van der Waals surface area contributed by atoms with Gasteiger partial charge in [0.15, 0.2) is 0 Å². The summed E-state index contributed by atoms with van der Waals surface area (Å²) < 4.78 is 42.2. The molecule has 0 aliphatic rings. The van der Waals surface area contributed by atoms with Gasteiger partial charge in [-0.05, 0) is 67.2 Å². The second-order valence-corrected chi connectivity index (χ2v) is 21.0. The fraction of sp³-hybridized carbons (Fsp3) is 0.474. The predicted octanol–water partition coefficient (Wildman–Crippen LogP) is 9.79. The van der Waals surface area contributed by atoms with Gasteiger partial charge in [-0.1, -0.05) is 158 Å². The molecule has 0 radical (unpaired) electrons. The lowest BCUT2D eigenvalue weighted by atomic mass is 9.89. The smallest absolute Gasteiger partial charge is 0.297 e. The lowest BCUT2D eigenvalue weighted by molar-refractivity contribution is 0.183. The Hall–Kier alpha value is -2.03. The minimum absolute atomic E-state index is 0.0269. The van der Waals surface area contributed by atoms with Crippen LogP contribution >= 0.6 is 15.9 Å². The SMILES string of the molecule is C=C(Br)C[C@@H](CCCO[Si](c1ccccc1)(c1ccccc1)C(C)(C)C)OS(=O)(=O)c1c(C(C)C)cc(C(C)C)cc1C(C)C. The van der Waals surface area contributed by atoms with Gasteiger partial charge in [-0.3, -0.25) is 4.18 Å². The minimum atomic E-state index is -4.07. The van der Waals surface area contributed by atoms with Gasteiger partial charge in [-0.15, -0.1) is 0 Å². The van der Waals surface area contributed by atoms with Gasteiger partial charge in [-0.25, -0.2) is 0 Å². The standard InChI is InChI=1S/C38H53BrO4SSi/c1-27(2)31-25-35(28(3)4)37(36(26-31)29(5)6)44(40,41)43-32(24-30(7)39)18-17-23-42-45(38(8,9)10,33-19-13-11-14-20-33)34-21-15-12-16-22-34/h11-16,19-22,25-29,32H,7,17-18,23-24H2,1-6,8-10H3/t32-/m1/s1. The fourth-order valence-corrected chi connectivity index (χ4v) is 12.9. The Morgan fingerprint density at radius 2 is 1.29 bits per heavy atom. The molecule has 0 saturated heterocycles. The third-order valence-corrected chi connectivity index (χ3v) is 15.3. The van der Waals surface area contributed by atoms with Crippen LogP contribution in [0.1, 0.15) is 116 Å². The van der Waals surface area contributed by atoms with E-state index in [0.29, 0.717) is 35.2 Å². The van der Waals surface area contributed by atoms with Crippen LogP contribution in [0.5, 0.6) is 0 Å². The zero-order chi connectivity index (χ0) is 33.6. The van der Waals surface area contributed by atoms with E-state index in [9.17, 15) is 8.42 Å². The van der Waals surface area contributed by atoms with Crippen molar-refractivity contribution in [2.45, 2.75) is 115 Å². The van der Waals surface area contributed by atoms with Crippen molar-refractivity contribution in [1.82, 2.24) is 0 Å². The number of hydrogen-bond donors (Lipinski definition) is 0. The van der Waals surface area contributed by atoms with Gasteiger partial charge in [0.25, 0.3) is 18.4 Å². The Morgan fingerprint density at radius 3 is 1.67 bits per heavy atom. The third kappa shape index (κ3) is 9.07. The molecule has 0 amide bonds. The van der Waals surface area contributed by atoms with Gasteiger partial charge >= 0.3 is 0 Å². The van der Waals surface area contributed by atoms with Crippen LogP contribution in [0.4, 0.5) is 0 Å². The molecule has 0 aliphatic heterocycles. The number of hydrogen-bond acceptors (Lipinski definition) is 4. The average Bonchev–Trinajstić information content (AvgIpc) is 2.96. The van der Waals surface area contributed by atoms with Crippen molar-refractivity contribution in [3.63, 3.8) is 0 Å². The molecule has 3 rings (SSSR count). The quantitative estimate of drug-likeness (QED) is 0.0895. The van der Waals surface area contributed by atoms with Crippen molar-refractivity contribution in [3.8, 4) is 0 Å². The van der Waals surface area contributed by atoms with E-state index in [1.807, 2.05) is 52.0 Å². The molecule has 0 heterocycles. The Kier molecular flexibility index (Phi) is 13.1. The molecule has 0 saturated carbocycles. The molecule has 45 heavy (non-hydrogen) atoms. The van der Waals surface area contributed by atoms with Crippen molar-refractivity contribution in [2.75, 3.05) is 6.61 Å². The van der Waals surface area contributed by atoms with Crippen molar-refractivity contribution >= 4 is 44.7 Å². The molecular weight excluding hydrogens is 660 g/mol. The summed E-state index contributed by atoms with van der Waals surface area (Å²) in [7, 11) is -6.76. The first-order chi connectivity index (χ1) is 21.0. The van der Waals surface area contributed by atoms with E-state index >= 15 is 0 Å². The monoisotopic (exact) mass is 712 g/mol. The first-order valence-electron chi connectivity index (χ1n) is 16.2. The largest absolute Gasteiger partial charge is 0.407 e. The van der Waals surface area contributed by atoms with Crippen LogP contribution in [0.25, 0.3) is 0 Å². The molecule has 0 aliphatic carbocycles. The summed E-state index contributed by atoms with van der Waals surface area (Å²) in [4.78, 5) is 0.325. The summed E-state index contributed by atoms with van der Waals surface area (Å²) in [6.45, 7) is 23.7. The maximum atomic E-state index is 14.2. The Morgan fingerprint density at radius 1 is 0.822 bits per heavy atom. The van der Waals surface area contributed by atoms with E-state index in [-0.39, 0.29) is 22.8 Å².